The van der Waals surface area contributed by atoms with Gasteiger partial charge in [0.1, 0.15) is 4.21 Å². The highest BCUT2D eigenvalue weighted by molar-refractivity contribution is 7.91. The minimum absolute atomic E-state index is 0.220. The van der Waals surface area contributed by atoms with Crippen LogP contribution in [0.25, 0.3) is 0 Å². The summed E-state index contributed by atoms with van der Waals surface area (Å²) in [5, 5.41) is 7.23. The van der Waals surface area contributed by atoms with Crippen molar-refractivity contribution in [2.75, 3.05) is 7.05 Å². The van der Waals surface area contributed by atoms with Gasteiger partial charge < -0.3 is 5.32 Å². The number of hydrogen-bond donors (Lipinski definition) is 2. The zero-order valence-corrected chi connectivity index (χ0v) is 17.3. The molecule has 0 spiro atoms. The van der Waals surface area contributed by atoms with E-state index in [0.717, 1.165) is 27.5 Å². The monoisotopic (exact) mass is 418 g/mol. The summed E-state index contributed by atoms with van der Waals surface area (Å²) in [6.45, 7) is 2.85. The van der Waals surface area contributed by atoms with Gasteiger partial charge in [-0.25, -0.2) is 13.1 Å². The van der Waals surface area contributed by atoms with Gasteiger partial charge in [0.2, 0.25) is 10.0 Å². The fourth-order valence-electron chi connectivity index (χ4n) is 2.83. The van der Waals surface area contributed by atoms with Crippen LogP contribution in [0.1, 0.15) is 33.4 Å². The molecule has 2 heterocycles. The van der Waals surface area contributed by atoms with E-state index in [0.29, 0.717) is 18.5 Å². The highest BCUT2D eigenvalue weighted by Crippen LogP contribution is 2.21. The Bertz CT molecular complexity index is 1060. The van der Waals surface area contributed by atoms with Crippen LogP contribution in [0.15, 0.2) is 52.9 Å². The lowest BCUT2D eigenvalue weighted by molar-refractivity contribution is 0.0950. The number of benzene rings is 1. The molecule has 0 saturated heterocycles. The van der Waals surface area contributed by atoms with Crippen LogP contribution in [-0.2, 0) is 29.5 Å². The molecule has 28 heavy (non-hydrogen) atoms. The molecule has 0 bridgehead atoms. The molecule has 0 aliphatic heterocycles. The lowest BCUT2D eigenvalue weighted by Crippen LogP contribution is -2.23. The summed E-state index contributed by atoms with van der Waals surface area (Å²) in [4.78, 5) is 13.4. The van der Waals surface area contributed by atoms with E-state index < -0.39 is 10.0 Å². The zero-order chi connectivity index (χ0) is 20.1. The second-order valence-electron chi connectivity index (χ2n) is 6.11. The molecule has 0 radical (unpaired) electrons. The second kappa shape index (κ2) is 8.68. The van der Waals surface area contributed by atoms with Crippen molar-refractivity contribution in [1.82, 2.24) is 19.8 Å². The number of aromatic nitrogens is 2. The van der Waals surface area contributed by atoms with Crippen LogP contribution in [0.5, 0.6) is 0 Å². The third-order valence-electron chi connectivity index (χ3n) is 4.30. The molecule has 1 amide bonds. The van der Waals surface area contributed by atoms with Crippen molar-refractivity contribution in [1.29, 1.82) is 0 Å². The van der Waals surface area contributed by atoms with E-state index in [1.807, 2.05) is 41.9 Å². The van der Waals surface area contributed by atoms with Crippen LogP contribution in [-0.4, -0.2) is 31.2 Å². The first-order valence-electron chi connectivity index (χ1n) is 8.83. The van der Waals surface area contributed by atoms with Gasteiger partial charge >= 0.3 is 0 Å². The van der Waals surface area contributed by atoms with E-state index in [1.54, 1.807) is 12.3 Å². The molecule has 7 nitrogen and oxygen atoms in total. The second-order valence-corrected chi connectivity index (χ2v) is 9.39. The summed E-state index contributed by atoms with van der Waals surface area (Å²) in [7, 11) is -2.09. The van der Waals surface area contributed by atoms with Crippen LogP contribution >= 0.6 is 11.3 Å². The highest BCUT2D eigenvalue weighted by Gasteiger charge is 2.18. The van der Waals surface area contributed by atoms with Gasteiger partial charge in [0.25, 0.3) is 5.91 Å². The molecule has 148 valence electrons. The van der Waals surface area contributed by atoms with E-state index in [9.17, 15) is 13.2 Å². The summed E-state index contributed by atoms with van der Waals surface area (Å²) in [5.74, 6) is -0.220. The molecule has 0 aliphatic rings. The predicted octanol–water partition coefficient (Wildman–Crippen LogP) is 2.39. The lowest BCUT2D eigenvalue weighted by Gasteiger charge is -2.08. The maximum Gasteiger partial charge on any atom is 0.255 e. The molecule has 3 rings (SSSR count). The third kappa shape index (κ3) is 4.49. The standard InChI is InChI=1S/C19H22N4O3S2/c1-3-17-16(12-22-23(17)13-14-7-5-4-6-8-14)19(24)21-11-15-9-10-18(27-15)28(25,26)20-2/h4-10,12,20H,3,11,13H2,1-2H3,(H,21,24). The first-order valence-corrected chi connectivity index (χ1v) is 11.1. The number of sulfonamides is 1. The van der Waals surface area contributed by atoms with E-state index in [2.05, 4.69) is 15.1 Å². The Hall–Kier alpha value is -2.49. The summed E-state index contributed by atoms with van der Waals surface area (Å²) in [5.41, 5.74) is 2.52. The van der Waals surface area contributed by atoms with Gasteiger partial charge in [-0.15, -0.1) is 11.3 Å². The fourth-order valence-corrected chi connectivity index (χ4v) is 4.96. The molecule has 0 unspecified atom stereocenters. The Kier molecular flexibility index (Phi) is 6.28. The summed E-state index contributed by atoms with van der Waals surface area (Å²) >= 11 is 1.13. The SMILES string of the molecule is CCc1c(C(=O)NCc2ccc(S(=O)(=O)NC)s2)cnn1Cc1ccccc1. The molecule has 2 N–H and O–H groups in total. The van der Waals surface area contributed by atoms with Gasteiger partial charge in [0, 0.05) is 4.88 Å². The normalized spacial score (nSPS) is 11.5. The molecule has 1 aromatic carbocycles. The molecule has 0 saturated carbocycles. The Morgan fingerprint density at radius 2 is 1.93 bits per heavy atom. The van der Waals surface area contributed by atoms with Crippen LogP contribution in [0.2, 0.25) is 0 Å². The summed E-state index contributed by atoms with van der Waals surface area (Å²) in [6.07, 6.45) is 2.27. The van der Waals surface area contributed by atoms with Crippen molar-refractivity contribution >= 4 is 27.3 Å². The van der Waals surface area contributed by atoms with Gasteiger partial charge in [0.15, 0.2) is 0 Å². The van der Waals surface area contributed by atoms with Crippen LogP contribution < -0.4 is 10.0 Å². The molecule has 9 heteroatoms. The van der Waals surface area contributed by atoms with Gasteiger partial charge in [-0.1, -0.05) is 37.3 Å². The summed E-state index contributed by atoms with van der Waals surface area (Å²) < 4.78 is 28.0. The lowest BCUT2D eigenvalue weighted by atomic mass is 10.1. The van der Waals surface area contributed by atoms with Gasteiger partial charge in [-0.05, 0) is 31.2 Å². The minimum Gasteiger partial charge on any atom is -0.347 e. The maximum atomic E-state index is 12.6. The Morgan fingerprint density at radius 1 is 1.18 bits per heavy atom. The largest absolute Gasteiger partial charge is 0.347 e. The highest BCUT2D eigenvalue weighted by atomic mass is 32.2. The number of carbonyl (C=O) groups excluding carboxylic acids is 1. The number of thiophene rings is 1. The average molecular weight is 419 g/mol. The van der Waals surface area contributed by atoms with Crippen LogP contribution in [0.3, 0.4) is 0 Å². The topological polar surface area (TPSA) is 93.1 Å². The third-order valence-corrected chi connectivity index (χ3v) is 7.29. The van der Waals surface area contributed by atoms with Crippen molar-refractivity contribution in [2.24, 2.45) is 0 Å². The minimum atomic E-state index is -3.46. The van der Waals surface area contributed by atoms with Gasteiger partial charge in [-0.3, -0.25) is 9.48 Å². The molecular formula is C19H22N4O3S2. The molecular weight excluding hydrogens is 396 g/mol. The quantitative estimate of drug-likeness (QED) is 0.587. The molecule has 3 aromatic rings. The number of carbonyl (C=O) groups is 1. The number of nitrogens with one attached hydrogen (secondary N) is 2. The average Bonchev–Trinajstić information content (AvgIpc) is 3.34. The molecule has 0 fully saturated rings. The van der Waals surface area contributed by atoms with E-state index in [-0.39, 0.29) is 16.7 Å². The number of hydrogen-bond acceptors (Lipinski definition) is 5. The van der Waals surface area contributed by atoms with Crippen molar-refractivity contribution in [3.05, 3.63) is 70.4 Å². The Morgan fingerprint density at radius 3 is 2.61 bits per heavy atom. The maximum absolute atomic E-state index is 12.6. The van der Waals surface area contributed by atoms with Gasteiger partial charge in [-0.2, -0.15) is 5.10 Å². The van der Waals surface area contributed by atoms with Gasteiger partial charge in [0.05, 0.1) is 30.5 Å². The first kappa shape index (κ1) is 20.2. The smallest absolute Gasteiger partial charge is 0.255 e. The van der Waals surface area contributed by atoms with Crippen molar-refractivity contribution < 1.29 is 13.2 Å². The van der Waals surface area contributed by atoms with Crippen molar-refractivity contribution in [2.45, 2.75) is 30.6 Å². The van der Waals surface area contributed by atoms with Crippen molar-refractivity contribution in [3.8, 4) is 0 Å². The van der Waals surface area contributed by atoms with Crippen LogP contribution in [0, 0.1) is 0 Å². The van der Waals surface area contributed by atoms with E-state index >= 15 is 0 Å². The Labute approximate surface area is 168 Å². The number of amides is 1. The molecule has 0 atom stereocenters. The van der Waals surface area contributed by atoms with E-state index in [1.165, 1.54) is 13.1 Å². The van der Waals surface area contributed by atoms with Crippen LogP contribution in [0.4, 0.5) is 0 Å². The zero-order valence-electron chi connectivity index (χ0n) is 15.7. The fraction of sp³-hybridized carbons (Fsp3) is 0.263. The number of nitrogens with zero attached hydrogens (tertiary/aromatic N) is 2. The first-order chi connectivity index (χ1) is 13.4. The summed E-state index contributed by atoms with van der Waals surface area (Å²) in [6, 6.07) is 13.2. The predicted molar refractivity (Wildman–Crippen MR) is 109 cm³/mol. The van der Waals surface area contributed by atoms with Crippen molar-refractivity contribution in [3.63, 3.8) is 0 Å². The molecule has 2 aromatic heterocycles. The Balaban J connectivity index is 1.69. The number of rotatable bonds is 8. The molecule has 0 aliphatic carbocycles. The van der Waals surface area contributed by atoms with E-state index in [4.69, 9.17) is 0 Å².